The molecule has 0 bridgehead atoms. The van der Waals surface area contributed by atoms with Gasteiger partial charge in [0.15, 0.2) is 0 Å². The van der Waals surface area contributed by atoms with Crippen LogP contribution in [0.1, 0.15) is 5.56 Å². The first-order valence-corrected chi connectivity index (χ1v) is 5.27. The van der Waals surface area contributed by atoms with Gasteiger partial charge in [-0.3, -0.25) is 9.78 Å². The van der Waals surface area contributed by atoms with Gasteiger partial charge in [-0.1, -0.05) is 0 Å². The number of rotatable bonds is 3. The van der Waals surface area contributed by atoms with E-state index in [1.165, 1.54) is 0 Å². The van der Waals surface area contributed by atoms with Gasteiger partial charge >= 0.3 is 0 Å². The van der Waals surface area contributed by atoms with E-state index in [0.29, 0.717) is 12.0 Å². The number of H-pyrrole nitrogens is 1. The topological polar surface area (TPSA) is 81.6 Å². The monoisotopic (exact) mass is 228 g/mol. The highest BCUT2D eigenvalue weighted by Crippen LogP contribution is 2.09. The Morgan fingerprint density at radius 3 is 3.18 bits per heavy atom. The van der Waals surface area contributed by atoms with Crippen molar-refractivity contribution >= 4 is 10.9 Å². The Kier molecular flexibility index (Phi) is 3.17. The first-order valence-electron chi connectivity index (χ1n) is 5.27. The smallest absolute Gasteiger partial charge is 0.251 e. The molecule has 0 aliphatic carbocycles. The maximum atomic E-state index is 11.8. The van der Waals surface area contributed by atoms with Crippen LogP contribution in [0.2, 0.25) is 0 Å². The molecule has 0 amide bonds. The molecule has 0 aliphatic rings. The van der Waals surface area contributed by atoms with Gasteiger partial charge in [-0.25, -0.2) is 0 Å². The third-order valence-corrected chi connectivity index (χ3v) is 2.65. The van der Waals surface area contributed by atoms with Crippen LogP contribution in [0.3, 0.4) is 0 Å². The fraction of sp³-hybridized carbons (Fsp3) is 0.250. The number of aromatic amines is 1. The SMILES string of the molecule is CNC(C#N)Cc1cc2cnccc2[nH]c1=O. The number of hydrogen-bond acceptors (Lipinski definition) is 4. The van der Waals surface area contributed by atoms with Crippen molar-refractivity contribution in [3.8, 4) is 6.07 Å². The summed E-state index contributed by atoms with van der Waals surface area (Å²) < 4.78 is 0. The molecule has 0 aliphatic heterocycles. The maximum Gasteiger partial charge on any atom is 0.251 e. The molecular weight excluding hydrogens is 216 g/mol. The van der Waals surface area contributed by atoms with Gasteiger partial charge in [0.05, 0.1) is 17.6 Å². The van der Waals surface area contributed by atoms with Gasteiger partial charge in [0.25, 0.3) is 5.56 Å². The van der Waals surface area contributed by atoms with E-state index in [2.05, 4.69) is 21.4 Å². The van der Waals surface area contributed by atoms with Crippen LogP contribution in [-0.2, 0) is 6.42 Å². The van der Waals surface area contributed by atoms with Crippen molar-refractivity contribution in [3.05, 3.63) is 40.4 Å². The molecule has 2 heterocycles. The third-order valence-electron chi connectivity index (χ3n) is 2.65. The number of pyridine rings is 2. The van der Waals surface area contributed by atoms with E-state index in [0.717, 1.165) is 10.9 Å². The lowest BCUT2D eigenvalue weighted by Crippen LogP contribution is -2.28. The summed E-state index contributed by atoms with van der Waals surface area (Å²) in [5.41, 5.74) is 1.19. The molecule has 0 radical (unpaired) electrons. The van der Waals surface area contributed by atoms with Crippen LogP contribution in [-0.4, -0.2) is 23.1 Å². The summed E-state index contributed by atoms with van der Waals surface area (Å²) in [5.74, 6) is 0. The molecule has 2 aromatic heterocycles. The Balaban J connectivity index is 2.45. The van der Waals surface area contributed by atoms with Crippen LogP contribution in [0, 0.1) is 11.3 Å². The van der Waals surface area contributed by atoms with Crippen LogP contribution in [0.5, 0.6) is 0 Å². The molecule has 0 fully saturated rings. The van der Waals surface area contributed by atoms with E-state index >= 15 is 0 Å². The number of nitriles is 1. The maximum absolute atomic E-state index is 11.8. The van der Waals surface area contributed by atoms with E-state index in [1.807, 2.05) is 0 Å². The summed E-state index contributed by atoms with van der Waals surface area (Å²) >= 11 is 0. The third kappa shape index (κ3) is 2.32. The van der Waals surface area contributed by atoms with Gasteiger partial charge in [-0.2, -0.15) is 5.26 Å². The molecule has 2 aromatic rings. The quantitative estimate of drug-likeness (QED) is 0.805. The fourth-order valence-electron chi connectivity index (χ4n) is 1.68. The first kappa shape index (κ1) is 11.3. The zero-order chi connectivity index (χ0) is 12.3. The van der Waals surface area contributed by atoms with E-state index in [4.69, 9.17) is 5.26 Å². The van der Waals surface area contributed by atoms with Gasteiger partial charge < -0.3 is 10.3 Å². The van der Waals surface area contributed by atoms with Crippen molar-refractivity contribution in [3.63, 3.8) is 0 Å². The summed E-state index contributed by atoms with van der Waals surface area (Å²) in [6, 6.07) is 5.27. The van der Waals surface area contributed by atoms with Gasteiger partial charge in [-0.05, 0) is 19.2 Å². The number of hydrogen-bond donors (Lipinski definition) is 2. The normalized spacial score (nSPS) is 12.2. The molecule has 1 unspecified atom stereocenters. The predicted octanol–water partition coefficient (Wildman–Crippen LogP) is 0.577. The summed E-state index contributed by atoms with van der Waals surface area (Å²) in [7, 11) is 1.70. The van der Waals surface area contributed by atoms with E-state index in [1.54, 1.807) is 31.6 Å². The first-order chi connectivity index (χ1) is 8.24. The molecule has 0 aromatic carbocycles. The van der Waals surface area contributed by atoms with Crippen LogP contribution < -0.4 is 10.9 Å². The number of nitrogens with zero attached hydrogens (tertiary/aromatic N) is 2. The zero-order valence-corrected chi connectivity index (χ0v) is 9.40. The van der Waals surface area contributed by atoms with Gasteiger partial charge in [0.2, 0.25) is 0 Å². The van der Waals surface area contributed by atoms with Crippen molar-refractivity contribution in [2.45, 2.75) is 12.5 Å². The van der Waals surface area contributed by atoms with Crippen molar-refractivity contribution < 1.29 is 0 Å². The van der Waals surface area contributed by atoms with Gasteiger partial charge in [0.1, 0.15) is 0 Å². The van der Waals surface area contributed by atoms with Gasteiger partial charge in [-0.15, -0.1) is 0 Å². The van der Waals surface area contributed by atoms with Crippen LogP contribution in [0.4, 0.5) is 0 Å². The van der Waals surface area contributed by atoms with E-state index in [-0.39, 0.29) is 11.6 Å². The highest BCUT2D eigenvalue weighted by atomic mass is 16.1. The standard InChI is InChI=1S/C12H12N4O/c1-14-10(6-13)5-8-4-9-7-15-3-2-11(9)16-12(8)17/h2-4,7,10,14H,5H2,1H3,(H,16,17). The summed E-state index contributed by atoms with van der Waals surface area (Å²) in [4.78, 5) is 18.6. The Morgan fingerprint density at radius 2 is 2.47 bits per heavy atom. The molecule has 0 saturated carbocycles. The Hall–Kier alpha value is -2.19. The Labute approximate surface area is 98.1 Å². The lowest BCUT2D eigenvalue weighted by molar-refractivity contribution is 0.672. The minimum atomic E-state index is -0.356. The average molecular weight is 228 g/mol. The van der Waals surface area contributed by atoms with Crippen molar-refractivity contribution in [2.24, 2.45) is 0 Å². The summed E-state index contributed by atoms with van der Waals surface area (Å²) in [6.07, 6.45) is 3.70. The number of likely N-dealkylation sites (N-methyl/N-ethyl adjacent to an activating group) is 1. The predicted molar refractivity (Wildman–Crippen MR) is 64.5 cm³/mol. The minimum Gasteiger partial charge on any atom is -0.322 e. The zero-order valence-electron chi connectivity index (χ0n) is 9.40. The summed E-state index contributed by atoms with van der Waals surface area (Å²) in [5, 5.41) is 12.6. The van der Waals surface area contributed by atoms with Crippen LogP contribution in [0.25, 0.3) is 10.9 Å². The average Bonchev–Trinajstić information content (AvgIpc) is 2.36. The lowest BCUT2D eigenvalue weighted by Gasteiger charge is -2.07. The van der Waals surface area contributed by atoms with Crippen molar-refractivity contribution in [1.82, 2.24) is 15.3 Å². The van der Waals surface area contributed by atoms with Crippen molar-refractivity contribution in [2.75, 3.05) is 7.05 Å². The molecule has 0 spiro atoms. The molecule has 2 N–H and O–H groups in total. The molecule has 17 heavy (non-hydrogen) atoms. The van der Waals surface area contributed by atoms with Gasteiger partial charge in [0, 0.05) is 29.8 Å². The van der Waals surface area contributed by atoms with E-state index < -0.39 is 0 Å². The number of fused-ring (bicyclic) bond motifs is 1. The molecule has 0 saturated heterocycles. The molecule has 1 atom stereocenters. The highest BCUT2D eigenvalue weighted by Gasteiger charge is 2.09. The van der Waals surface area contributed by atoms with Crippen molar-refractivity contribution in [1.29, 1.82) is 5.26 Å². The second-order valence-electron chi connectivity index (χ2n) is 3.76. The molecule has 5 heteroatoms. The largest absolute Gasteiger partial charge is 0.322 e. The second-order valence-corrected chi connectivity index (χ2v) is 3.76. The van der Waals surface area contributed by atoms with Crippen LogP contribution in [0.15, 0.2) is 29.3 Å². The van der Waals surface area contributed by atoms with Crippen LogP contribution >= 0.6 is 0 Å². The Morgan fingerprint density at radius 1 is 1.65 bits per heavy atom. The minimum absolute atomic E-state index is 0.154. The second kappa shape index (κ2) is 4.76. The number of nitrogens with one attached hydrogen (secondary N) is 2. The molecule has 5 nitrogen and oxygen atoms in total. The highest BCUT2D eigenvalue weighted by molar-refractivity contribution is 5.77. The fourth-order valence-corrected chi connectivity index (χ4v) is 1.68. The van der Waals surface area contributed by atoms with E-state index in [9.17, 15) is 4.79 Å². The molecule has 2 rings (SSSR count). The lowest BCUT2D eigenvalue weighted by atomic mass is 10.1. The summed E-state index contributed by atoms with van der Waals surface area (Å²) in [6.45, 7) is 0. The molecular formula is C12H12N4O. The number of aromatic nitrogens is 2. The molecule has 86 valence electrons. The Bertz CT molecular complexity index is 626.